The van der Waals surface area contributed by atoms with Gasteiger partial charge in [0.25, 0.3) is 11.8 Å². The summed E-state index contributed by atoms with van der Waals surface area (Å²) in [4.78, 5) is 37.2. The number of carboxylic acid groups (broad SMARTS) is 1. The van der Waals surface area contributed by atoms with Crippen molar-refractivity contribution in [2.24, 2.45) is 0 Å². The molecule has 1 aliphatic heterocycles. The number of carbonyl (C=O) groups is 3. The van der Waals surface area contributed by atoms with Crippen LogP contribution >= 0.6 is 34.2 Å². The molecule has 0 saturated heterocycles. The molecular formula is C18H11ClIN2O4-. The Hall–Kier alpha value is -2.39. The molecule has 0 atom stereocenters. The highest BCUT2D eigenvalue weighted by atomic mass is 127. The van der Waals surface area contributed by atoms with Crippen molar-refractivity contribution >= 4 is 63.4 Å². The lowest BCUT2D eigenvalue weighted by Gasteiger charge is -2.17. The summed E-state index contributed by atoms with van der Waals surface area (Å²) in [6.07, 6.45) is 0. The lowest BCUT2D eigenvalue weighted by molar-refractivity contribution is -0.255. The van der Waals surface area contributed by atoms with Crippen LogP contribution in [0, 0.1) is 10.5 Å². The zero-order valence-electron chi connectivity index (χ0n) is 13.4. The van der Waals surface area contributed by atoms with Crippen molar-refractivity contribution < 1.29 is 19.5 Å². The van der Waals surface area contributed by atoms with Gasteiger partial charge in [0.2, 0.25) is 0 Å². The van der Waals surface area contributed by atoms with Crippen LogP contribution in [0.1, 0.15) is 15.9 Å². The van der Waals surface area contributed by atoms with Gasteiger partial charge in [-0.3, -0.25) is 9.59 Å². The highest BCUT2D eigenvalue weighted by Gasteiger charge is 2.39. The number of rotatable bonds is 4. The van der Waals surface area contributed by atoms with E-state index >= 15 is 0 Å². The predicted octanol–water partition coefficient (Wildman–Crippen LogP) is 2.40. The first-order chi connectivity index (χ1) is 12.3. The standard InChI is InChI=1S/C18H12ClIN2O4/c1-9-7-11(20)5-6-13(9)22-16(23)14(19)15(17(22)24)21-12-4-2-3-10(8-12)18(25)26/h2-8,21H,1H3,(H,25,26)/p-1. The quantitative estimate of drug-likeness (QED) is 0.535. The van der Waals surface area contributed by atoms with E-state index in [0.717, 1.165) is 14.0 Å². The Bertz CT molecular complexity index is 987. The number of anilines is 2. The number of benzene rings is 2. The summed E-state index contributed by atoms with van der Waals surface area (Å²) >= 11 is 8.22. The van der Waals surface area contributed by atoms with Gasteiger partial charge >= 0.3 is 0 Å². The van der Waals surface area contributed by atoms with E-state index in [1.807, 2.05) is 6.07 Å². The Kier molecular flexibility index (Phi) is 5.01. The van der Waals surface area contributed by atoms with E-state index in [9.17, 15) is 19.5 Å². The minimum atomic E-state index is -1.35. The molecule has 1 N–H and O–H groups in total. The van der Waals surface area contributed by atoms with Crippen LogP contribution < -0.4 is 15.3 Å². The van der Waals surface area contributed by atoms with Gasteiger partial charge in [-0.1, -0.05) is 23.7 Å². The molecule has 0 bridgehead atoms. The van der Waals surface area contributed by atoms with Crippen LogP contribution in [0.4, 0.5) is 11.4 Å². The highest BCUT2D eigenvalue weighted by Crippen LogP contribution is 2.32. The van der Waals surface area contributed by atoms with Gasteiger partial charge in [-0.05, 0) is 71.0 Å². The smallest absolute Gasteiger partial charge is 0.283 e. The number of hydrogen-bond acceptors (Lipinski definition) is 5. The molecule has 132 valence electrons. The molecule has 2 amide bonds. The molecule has 0 spiro atoms. The molecule has 6 nitrogen and oxygen atoms in total. The molecule has 0 radical (unpaired) electrons. The largest absolute Gasteiger partial charge is 0.545 e. The number of carbonyl (C=O) groups excluding carboxylic acids is 3. The molecule has 26 heavy (non-hydrogen) atoms. The molecule has 1 aliphatic rings. The lowest BCUT2D eigenvalue weighted by atomic mass is 10.2. The van der Waals surface area contributed by atoms with Gasteiger partial charge in [0, 0.05) is 9.26 Å². The predicted molar refractivity (Wildman–Crippen MR) is 104 cm³/mol. The fourth-order valence-corrected chi connectivity index (χ4v) is 3.43. The number of nitrogens with one attached hydrogen (secondary N) is 1. The van der Waals surface area contributed by atoms with Crippen molar-refractivity contribution in [2.75, 3.05) is 10.2 Å². The van der Waals surface area contributed by atoms with Gasteiger partial charge < -0.3 is 15.2 Å². The second kappa shape index (κ2) is 7.08. The number of nitrogens with zero attached hydrogens (tertiary/aromatic N) is 1. The highest BCUT2D eigenvalue weighted by molar-refractivity contribution is 14.1. The second-order valence-corrected chi connectivity index (χ2v) is 7.18. The lowest BCUT2D eigenvalue weighted by Crippen LogP contribution is -2.32. The summed E-state index contributed by atoms with van der Waals surface area (Å²) in [6.45, 7) is 1.79. The number of imide groups is 1. The van der Waals surface area contributed by atoms with E-state index < -0.39 is 17.8 Å². The molecule has 1 heterocycles. The summed E-state index contributed by atoms with van der Waals surface area (Å²) in [6, 6.07) is 11.0. The zero-order valence-corrected chi connectivity index (χ0v) is 16.3. The van der Waals surface area contributed by atoms with E-state index in [0.29, 0.717) is 11.4 Å². The maximum absolute atomic E-state index is 12.8. The number of carboxylic acids is 1. The van der Waals surface area contributed by atoms with Crippen molar-refractivity contribution in [1.29, 1.82) is 0 Å². The summed E-state index contributed by atoms with van der Waals surface area (Å²) < 4.78 is 0.972. The minimum absolute atomic E-state index is 0.0613. The van der Waals surface area contributed by atoms with Gasteiger partial charge in [-0.2, -0.15) is 0 Å². The van der Waals surface area contributed by atoms with Crippen molar-refractivity contribution in [1.82, 2.24) is 0 Å². The van der Waals surface area contributed by atoms with Crippen molar-refractivity contribution in [3.8, 4) is 0 Å². The maximum atomic E-state index is 12.8. The maximum Gasteiger partial charge on any atom is 0.283 e. The molecule has 3 rings (SSSR count). The first-order valence-corrected chi connectivity index (χ1v) is 8.88. The number of aryl methyl sites for hydroxylation is 1. The average Bonchev–Trinajstić information content (AvgIpc) is 2.79. The molecule has 0 unspecified atom stereocenters. The SMILES string of the molecule is Cc1cc(I)ccc1N1C(=O)C(Cl)=C(Nc2cccc(C(=O)[O-])c2)C1=O. The Labute approximate surface area is 167 Å². The third-order valence-electron chi connectivity index (χ3n) is 3.79. The average molecular weight is 482 g/mol. The number of hydrogen-bond donors (Lipinski definition) is 1. The zero-order chi connectivity index (χ0) is 19.0. The molecule has 0 aliphatic carbocycles. The van der Waals surface area contributed by atoms with E-state index in [2.05, 4.69) is 27.9 Å². The van der Waals surface area contributed by atoms with Crippen LogP contribution in [0.15, 0.2) is 53.2 Å². The monoisotopic (exact) mass is 481 g/mol. The second-order valence-electron chi connectivity index (χ2n) is 5.56. The van der Waals surface area contributed by atoms with E-state index in [4.69, 9.17) is 11.6 Å². The van der Waals surface area contributed by atoms with Gasteiger partial charge in [0.15, 0.2) is 0 Å². The van der Waals surface area contributed by atoms with Gasteiger partial charge in [-0.15, -0.1) is 0 Å². The fourth-order valence-electron chi connectivity index (χ4n) is 2.57. The van der Waals surface area contributed by atoms with Crippen molar-refractivity contribution in [3.63, 3.8) is 0 Å². The molecule has 8 heteroatoms. The first kappa shape index (κ1) is 18.4. The Morgan fingerprint density at radius 1 is 1.15 bits per heavy atom. The normalized spacial score (nSPS) is 14.2. The van der Waals surface area contributed by atoms with Crippen LogP contribution in [0.5, 0.6) is 0 Å². The van der Waals surface area contributed by atoms with E-state index in [-0.39, 0.29) is 16.3 Å². The molecule has 0 fully saturated rings. The number of aromatic carboxylic acids is 1. The molecule has 2 aromatic carbocycles. The third-order valence-corrected chi connectivity index (χ3v) is 4.82. The summed E-state index contributed by atoms with van der Waals surface area (Å²) in [5.74, 6) is -2.60. The summed E-state index contributed by atoms with van der Waals surface area (Å²) in [5, 5.41) is 13.4. The molecule has 0 aromatic heterocycles. The van der Waals surface area contributed by atoms with Crippen LogP contribution in [-0.4, -0.2) is 17.8 Å². The van der Waals surface area contributed by atoms with Crippen LogP contribution in [0.2, 0.25) is 0 Å². The molecule has 2 aromatic rings. The van der Waals surface area contributed by atoms with Crippen LogP contribution in [-0.2, 0) is 9.59 Å². The number of amides is 2. The topological polar surface area (TPSA) is 89.5 Å². The fraction of sp³-hybridized carbons (Fsp3) is 0.0556. The third kappa shape index (κ3) is 3.32. The van der Waals surface area contributed by atoms with Crippen molar-refractivity contribution in [2.45, 2.75) is 6.92 Å². The summed E-state index contributed by atoms with van der Waals surface area (Å²) in [7, 11) is 0. The van der Waals surface area contributed by atoms with E-state index in [1.165, 1.54) is 18.2 Å². The number of halogens is 2. The van der Waals surface area contributed by atoms with Crippen LogP contribution in [0.25, 0.3) is 0 Å². The van der Waals surface area contributed by atoms with Crippen LogP contribution in [0.3, 0.4) is 0 Å². The van der Waals surface area contributed by atoms with Gasteiger partial charge in [-0.25, -0.2) is 4.90 Å². The minimum Gasteiger partial charge on any atom is -0.545 e. The van der Waals surface area contributed by atoms with E-state index in [1.54, 1.807) is 25.1 Å². The Morgan fingerprint density at radius 3 is 2.54 bits per heavy atom. The first-order valence-electron chi connectivity index (χ1n) is 7.42. The van der Waals surface area contributed by atoms with Gasteiger partial charge in [0.05, 0.1) is 11.7 Å². The van der Waals surface area contributed by atoms with Crippen molar-refractivity contribution in [3.05, 3.63) is 67.9 Å². The Balaban J connectivity index is 1.94. The summed E-state index contributed by atoms with van der Waals surface area (Å²) in [5.41, 5.74) is 1.34. The van der Waals surface area contributed by atoms with Gasteiger partial charge in [0.1, 0.15) is 10.7 Å². The Morgan fingerprint density at radius 2 is 1.88 bits per heavy atom. The molecule has 0 saturated carbocycles. The molecular weight excluding hydrogens is 471 g/mol.